The molecule has 0 aliphatic carbocycles. The van der Waals surface area contributed by atoms with E-state index >= 15 is 0 Å². The zero-order valence-corrected chi connectivity index (χ0v) is 12.8. The standard InChI is InChI=1S/C16H26ClN/c1-5-14(6-2)16(17)11-18-10-15-12(3)8-7-9-13(15)4/h7-9,14,16,18H,5-6,10-11H2,1-4H3. The van der Waals surface area contributed by atoms with Crippen LogP contribution < -0.4 is 5.32 Å². The van der Waals surface area contributed by atoms with E-state index in [1.165, 1.54) is 16.7 Å². The molecule has 1 N–H and O–H groups in total. The summed E-state index contributed by atoms with van der Waals surface area (Å²) >= 11 is 6.43. The van der Waals surface area contributed by atoms with E-state index in [0.29, 0.717) is 5.92 Å². The van der Waals surface area contributed by atoms with Crippen molar-refractivity contribution < 1.29 is 0 Å². The van der Waals surface area contributed by atoms with Crippen molar-refractivity contribution in [3.05, 3.63) is 34.9 Å². The predicted molar refractivity (Wildman–Crippen MR) is 81.3 cm³/mol. The van der Waals surface area contributed by atoms with Crippen molar-refractivity contribution in [2.24, 2.45) is 5.92 Å². The van der Waals surface area contributed by atoms with E-state index in [-0.39, 0.29) is 5.38 Å². The van der Waals surface area contributed by atoms with Gasteiger partial charge in [-0.1, -0.05) is 44.9 Å². The Bertz CT molecular complexity index is 338. The van der Waals surface area contributed by atoms with Gasteiger partial charge in [0.1, 0.15) is 0 Å². The van der Waals surface area contributed by atoms with Crippen molar-refractivity contribution in [2.75, 3.05) is 6.54 Å². The number of benzene rings is 1. The summed E-state index contributed by atoms with van der Waals surface area (Å²) < 4.78 is 0. The van der Waals surface area contributed by atoms with Crippen LogP contribution in [0.1, 0.15) is 43.4 Å². The molecule has 1 rings (SSSR count). The molecule has 0 aliphatic heterocycles. The van der Waals surface area contributed by atoms with Gasteiger partial charge in [-0.3, -0.25) is 0 Å². The molecule has 0 saturated carbocycles. The van der Waals surface area contributed by atoms with Crippen LogP contribution in [0.15, 0.2) is 18.2 Å². The van der Waals surface area contributed by atoms with E-state index < -0.39 is 0 Å². The predicted octanol–water partition coefficient (Wildman–Crippen LogP) is 4.44. The van der Waals surface area contributed by atoms with E-state index in [2.05, 4.69) is 51.2 Å². The van der Waals surface area contributed by atoms with Crippen LogP contribution in [0, 0.1) is 19.8 Å². The molecule has 0 fully saturated rings. The van der Waals surface area contributed by atoms with Gasteiger partial charge in [-0.05, 0) is 36.5 Å². The molecule has 1 aromatic carbocycles. The second-order valence-corrected chi connectivity index (χ2v) is 5.65. The summed E-state index contributed by atoms with van der Waals surface area (Å²) in [6.45, 7) is 10.6. The van der Waals surface area contributed by atoms with Crippen molar-refractivity contribution in [3.8, 4) is 0 Å². The number of rotatable bonds is 7. The molecule has 0 saturated heterocycles. The summed E-state index contributed by atoms with van der Waals surface area (Å²) in [6.07, 6.45) is 2.32. The number of hydrogen-bond donors (Lipinski definition) is 1. The molecule has 1 aromatic rings. The first-order valence-electron chi connectivity index (χ1n) is 7.00. The Morgan fingerprint density at radius 1 is 1.11 bits per heavy atom. The third-order valence-corrected chi connectivity index (χ3v) is 4.36. The minimum absolute atomic E-state index is 0.240. The molecule has 1 atom stereocenters. The fraction of sp³-hybridized carbons (Fsp3) is 0.625. The van der Waals surface area contributed by atoms with Gasteiger partial charge in [0.05, 0.1) is 0 Å². The first-order chi connectivity index (χ1) is 8.60. The lowest BCUT2D eigenvalue weighted by molar-refractivity contribution is 0.446. The van der Waals surface area contributed by atoms with Gasteiger partial charge in [-0.15, -0.1) is 11.6 Å². The van der Waals surface area contributed by atoms with Gasteiger partial charge in [-0.25, -0.2) is 0 Å². The maximum atomic E-state index is 6.43. The SMILES string of the molecule is CCC(CC)C(Cl)CNCc1c(C)cccc1C. The quantitative estimate of drug-likeness (QED) is 0.721. The number of halogens is 1. The molecular formula is C16H26ClN. The molecule has 0 aromatic heterocycles. The van der Waals surface area contributed by atoms with E-state index in [1.807, 2.05) is 0 Å². The number of alkyl halides is 1. The largest absolute Gasteiger partial charge is 0.311 e. The lowest BCUT2D eigenvalue weighted by atomic mass is 9.98. The van der Waals surface area contributed by atoms with Crippen LogP contribution in [-0.4, -0.2) is 11.9 Å². The average Bonchev–Trinajstić information content (AvgIpc) is 2.34. The van der Waals surface area contributed by atoms with Crippen LogP contribution in [-0.2, 0) is 6.54 Å². The molecule has 0 bridgehead atoms. The first-order valence-corrected chi connectivity index (χ1v) is 7.43. The Hall–Kier alpha value is -0.530. The molecule has 0 aliphatic rings. The number of hydrogen-bond acceptors (Lipinski definition) is 1. The average molecular weight is 268 g/mol. The molecule has 0 amide bonds. The van der Waals surface area contributed by atoms with E-state index in [4.69, 9.17) is 11.6 Å². The maximum Gasteiger partial charge on any atom is 0.0488 e. The fourth-order valence-corrected chi connectivity index (χ4v) is 2.90. The Morgan fingerprint density at radius 3 is 2.17 bits per heavy atom. The van der Waals surface area contributed by atoms with Crippen LogP contribution in [0.2, 0.25) is 0 Å². The number of nitrogens with one attached hydrogen (secondary N) is 1. The van der Waals surface area contributed by atoms with Crippen LogP contribution in [0.3, 0.4) is 0 Å². The number of aryl methyl sites for hydroxylation is 2. The highest BCUT2D eigenvalue weighted by Gasteiger charge is 2.15. The van der Waals surface area contributed by atoms with Crippen molar-refractivity contribution in [3.63, 3.8) is 0 Å². The third-order valence-electron chi connectivity index (χ3n) is 3.85. The molecule has 1 nitrogen and oxygen atoms in total. The Kier molecular flexibility index (Phi) is 6.73. The van der Waals surface area contributed by atoms with Crippen molar-refractivity contribution in [1.82, 2.24) is 5.32 Å². The summed E-state index contributed by atoms with van der Waals surface area (Å²) in [6, 6.07) is 6.45. The van der Waals surface area contributed by atoms with Gasteiger partial charge in [0.25, 0.3) is 0 Å². The van der Waals surface area contributed by atoms with E-state index in [0.717, 1.165) is 25.9 Å². The third kappa shape index (κ3) is 4.29. The summed E-state index contributed by atoms with van der Waals surface area (Å²) in [7, 11) is 0. The maximum absolute atomic E-state index is 6.43. The Morgan fingerprint density at radius 2 is 1.67 bits per heavy atom. The summed E-state index contributed by atoms with van der Waals surface area (Å²) in [5.41, 5.74) is 4.12. The molecule has 102 valence electrons. The first kappa shape index (κ1) is 15.5. The molecule has 18 heavy (non-hydrogen) atoms. The topological polar surface area (TPSA) is 12.0 Å². The Labute approximate surface area is 117 Å². The van der Waals surface area contributed by atoms with Crippen molar-refractivity contribution in [1.29, 1.82) is 0 Å². The van der Waals surface area contributed by atoms with Crippen LogP contribution in [0.5, 0.6) is 0 Å². The minimum Gasteiger partial charge on any atom is -0.311 e. The van der Waals surface area contributed by atoms with Crippen LogP contribution in [0.25, 0.3) is 0 Å². The zero-order chi connectivity index (χ0) is 13.5. The summed E-state index contributed by atoms with van der Waals surface area (Å²) in [4.78, 5) is 0. The van der Waals surface area contributed by atoms with E-state index in [1.54, 1.807) is 0 Å². The lowest BCUT2D eigenvalue weighted by Gasteiger charge is -2.20. The monoisotopic (exact) mass is 267 g/mol. The second-order valence-electron chi connectivity index (χ2n) is 5.09. The Balaban J connectivity index is 2.46. The second kappa shape index (κ2) is 7.81. The van der Waals surface area contributed by atoms with Gasteiger partial charge in [-0.2, -0.15) is 0 Å². The minimum atomic E-state index is 0.240. The fourth-order valence-electron chi connectivity index (χ4n) is 2.43. The normalized spacial score (nSPS) is 13.0. The van der Waals surface area contributed by atoms with Gasteiger partial charge in [0.2, 0.25) is 0 Å². The molecule has 0 spiro atoms. The highest BCUT2D eigenvalue weighted by Crippen LogP contribution is 2.18. The highest BCUT2D eigenvalue weighted by atomic mass is 35.5. The highest BCUT2D eigenvalue weighted by molar-refractivity contribution is 6.21. The van der Waals surface area contributed by atoms with Crippen LogP contribution >= 0.6 is 11.6 Å². The van der Waals surface area contributed by atoms with Gasteiger partial charge in [0, 0.05) is 18.5 Å². The summed E-state index contributed by atoms with van der Waals surface area (Å²) in [5.74, 6) is 0.622. The smallest absolute Gasteiger partial charge is 0.0488 e. The van der Waals surface area contributed by atoms with Crippen LogP contribution in [0.4, 0.5) is 0 Å². The molecular weight excluding hydrogens is 242 g/mol. The van der Waals surface area contributed by atoms with Crippen molar-refractivity contribution >= 4 is 11.6 Å². The molecule has 1 unspecified atom stereocenters. The molecule has 0 heterocycles. The van der Waals surface area contributed by atoms with Gasteiger partial charge >= 0.3 is 0 Å². The van der Waals surface area contributed by atoms with Gasteiger partial charge < -0.3 is 5.32 Å². The molecule has 2 heteroatoms. The van der Waals surface area contributed by atoms with Crippen molar-refractivity contribution in [2.45, 2.75) is 52.5 Å². The lowest BCUT2D eigenvalue weighted by Crippen LogP contribution is -2.28. The molecule has 0 radical (unpaired) electrons. The van der Waals surface area contributed by atoms with E-state index in [9.17, 15) is 0 Å². The van der Waals surface area contributed by atoms with Gasteiger partial charge in [0.15, 0.2) is 0 Å². The zero-order valence-electron chi connectivity index (χ0n) is 12.1. The summed E-state index contributed by atoms with van der Waals surface area (Å²) in [5, 5.41) is 3.74.